The zero-order chi connectivity index (χ0) is 17.9. The maximum Gasteiger partial charge on any atom is 0.219 e. The number of benzene rings is 2. The second-order valence-corrected chi connectivity index (χ2v) is 7.11. The van der Waals surface area contributed by atoms with E-state index in [1.165, 1.54) is 33.3 Å². The van der Waals surface area contributed by atoms with Crippen molar-refractivity contribution < 1.29 is 4.79 Å². The minimum Gasteiger partial charge on any atom is -0.356 e. The first-order valence-corrected chi connectivity index (χ1v) is 9.74. The fraction of sp³-hybridized carbons (Fsp3) is 0.348. The number of fused-ring (bicyclic) bond motifs is 5. The van der Waals surface area contributed by atoms with E-state index in [1.54, 1.807) is 0 Å². The molecule has 0 unspecified atom stereocenters. The second kappa shape index (κ2) is 7.36. The average Bonchev–Trinajstić information content (AvgIpc) is 2.83. The van der Waals surface area contributed by atoms with E-state index in [1.807, 2.05) is 6.92 Å². The number of aromatic nitrogens is 1. The third-order valence-corrected chi connectivity index (χ3v) is 5.35. The van der Waals surface area contributed by atoms with Gasteiger partial charge < -0.3 is 9.88 Å². The Bertz CT molecular complexity index is 939. The van der Waals surface area contributed by atoms with Gasteiger partial charge in [-0.3, -0.25) is 4.79 Å². The van der Waals surface area contributed by atoms with E-state index in [-0.39, 0.29) is 5.91 Å². The third-order valence-electron chi connectivity index (χ3n) is 5.35. The first-order valence-electron chi connectivity index (χ1n) is 9.74. The number of carbonyl (C=O) groups excluding carboxylic acids is 1. The number of nitrogens with one attached hydrogen (secondary N) is 1. The Labute approximate surface area is 155 Å². The van der Waals surface area contributed by atoms with Gasteiger partial charge in [-0.1, -0.05) is 49.4 Å². The average molecular weight is 346 g/mol. The molecule has 134 valence electrons. The first-order chi connectivity index (χ1) is 12.8. The third kappa shape index (κ3) is 3.03. The number of para-hydroxylation sites is 1. The Morgan fingerprint density at radius 3 is 2.81 bits per heavy atom. The summed E-state index contributed by atoms with van der Waals surface area (Å²) in [5, 5.41) is 4.41. The normalized spacial score (nSPS) is 13.1. The molecule has 0 spiro atoms. The van der Waals surface area contributed by atoms with Crippen molar-refractivity contribution in [1.82, 2.24) is 9.88 Å². The summed E-state index contributed by atoms with van der Waals surface area (Å²) in [5.41, 5.74) is 6.83. The number of hydrogen-bond acceptors (Lipinski definition) is 1. The van der Waals surface area contributed by atoms with E-state index in [2.05, 4.69) is 58.4 Å². The van der Waals surface area contributed by atoms with Crippen LogP contribution in [0.1, 0.15) is 37.3 Å². The van der Waals surface area contributed by atoms with Crippen molar-refractivity contribution in [2.24, 2.45) is 0 Å². The molecule has 0 aliphatic carbocycles. The van der Waals surface area contributed by atoms with Gasteiger partial charge in [-0.15, -0.1) is 0 Å². The fourth-order valence-corrected chi connectivity index (χ4v) is 4.21. The van der Waals surface area contributed by atoms with E-state index in [0.717, 1.165) is 32.2 Å². The van der Waals surface area contributed by atoms with Crippen LogP contribution in [0.15, 0.2) is 48.5 Å². The van der Waals surface area contributed by atoms with Crippen LogP contribution in [0.25, 0.3) is 22.2 Å². The molecule has 1 aromatic heterocycles. The maximum atomic E-state index is 11.9. The van der Waals surface area contributed by atoms with Gasteiger partial charge in [0.15, 0.2) is 0 Å². The molecule has 1 amide bonds. The molecule has 2 heterocycles. The molecule has 26 heavy (non-hydrogen) atoms. The zero-order valence-corrected chi connectivity index (χ0v) is 15.4. The van der Waals surface area contributed by atoms with Crippen molar-refractivity contribution in [2.45, 2.75) is 45.6 Å². The van der Waals surface area contributed by atoms with E-state index >= 15 is 0 Å². The van der Waals surface area contributed by atoms with E-state index in [9.17, 15) is 4.79 Å². The zero-order valence-electron chi connectivity index (χ0n) is 15.4. The Hall–Kier alpha value is -2.55. The number of carbonyl (C=O) groups is 1. The van der Waals surface area contributed by atoms with Crippen LogP contribution in [0.5, 0.6) is 0 Å². The molecule has 3 heteroatoms. The maximum absolute atomic E-state index is 11.9. The van der Waals surface area contributed by atoms with Crippen LogP contribution in [0, 0.1) is 0 Å². The fourth-order valence-electron chi connectivity index (χ4n) is 4.21. The summed E-state index contributed by atoms with van der Waals surface area (Å²) in [6.07, 6.45) is 4.65. The van der Waals surface area contributed by atoms with Gasteiger partial charge in [0.1, 0.15) is 0 Å². The summed E-state index contributed by atoms with van der Waals surface area (Å²) >= 11 is 0. The highest BCUT2D eigenvalue weighted by Gasteiger charge is 2.22. The van der Waals surface area contributed by atoms with Crippen LogP contribution < -0.4 is 5.32 Å². The summed E-state index contributed by atoms with van der Waals surface area (Å²) in [5.74, 6) is 0.155. The van der Waals surface area contributed by atoms with Gasteiger partial charge >= 0.3 is 0 Å². The van der Waals surface area contributed by atoms with Gasteiger partial charge in [0, 0.05) is 36.0 Å². The number of hydrogen-bond donors (Lipinski definition) is 1. The highest BCUT2D eigenvalue weighted by Crippen LogP contribution is 2.38. The number of nitrogens with zero attached hydrogens (tertiary/aromatic N) is 1. The highest BCUT2D eigenvalue weighted by atomic mass is 16.1. The van der Waals surface area contributed by atoms with Crippen LogP contribution in [0.2, 0.25) is 0 Å². The smallest absolute Gasteiger partial charge is 0.219 e. The molecular formula is C23H26N2O. The molecule has 1 aliphatic heterocycles. The van der Waals surface area contributed by atoms with Gasteiger partial charge in [0.2, 0.25) is 5.91 Å². The lowest BCUT2D eigenvalue weighted by atomic mass is 9.97. The van der Waals surface area contributed by atoms with Gasteiger partial charge in [0.05, 0.1) is 5.69 Å². The monoisotopic (exact) mass is 346 g/mol. The topological polar surface area (TPSA) is 34.0 Å². The first kappa shape index (κ1) is 16.9. The minimum atomic E-state index is 0.155. The molecule has 0 radical (unpaired) electrons. The van der Waals surface area contributed by atoms with Gasteiger partial charge in [-0.2, -0.15) is 0 Å². The summed E-state index contributed by atoms with van der Waals surface area (Å²) in [6, 6.07) is 17.5. The lowest BCUT2D eigenvalue weighted by Crippen LogP contribution is -2.25. The summed E-state index contributed by atoms with van der Waals surface area (Å²) in [4.78, 5) is 11.9. The molecule has 0 saturated heterocycles. The van der Waals surface area contributed by atoms with Crippen molar-refractivity contribution in [1.29, 1.82) is 0 Å². The molecule has 1 N–H and O–H groups in total. The second-order valence-electron chi connectivity index (χ2n) is 7.11. The molecule has 3 nitrogen and oxygen atoms in total. The quantitative estimate of drug-likeness (QED) is 0.713. The predicted octanol–water partition coefficient (Wildman–Crippen LogP) is 4.71. The van der Waals surface area contributed by atoms with Gasteiger partial charge in [-0.25, -0.2) is 0 Å². The Morgan fingerprint density at radius 1 is 1.12 bits per heavy atom. The molecule has 2 aromatic carbocycles. The minimum absolute atomic E-state index is 0.155. The van der Waals surface area contributed by atoms with Crippen molar-refractivity contribution >= 4 is 16.8 Å². The Balaban J connectivity index is 1.78. The standard InChI is InChI=1S/C23H26N2O/c1-2-8-22(26)24-15-14-20-19-12-5-6-13-21(19)25-16-7-10-17-9-3-4-11-18(17)23(20)25/h3-6,9,11-13H,2,7-8,10,14-16H2,1H3,(H,24,26). The van der Waals surface area contributed by atoms with Gasteiger partial charge in [0.25, 0.3) is 0 Å². The summed E-state index contributed by atoms with van der Waals surface area (Å²) < 4.78 is 2.49. The highest BCUT2D eigenvalue weighted by molar-refractivity contribution is 5.92. The van der Waals surface area contributed by atoms with Crippen molar-refractivity contribution in [3.05, 3.63) is 59.7 Å². The van der Waals surface area contributed by atoms with Crippen molar-refractivity contribution in [3.8, 4) is 11.3 Å². The lowest BCUT2D eigenvalue weighted by molar-refractivity contribution is -0.121. The van der Waals surface area contributed by atoms with Crippen LogP contribution >= 0.6 is 0 Å². The Kier molecular flexibility index (Phi) is 4.79. The van der Waals surface area contributed by atoms with E-state index < -0.39 is 0 Å². The van der Waals surface area contributed by atoms with Crippen molar-refractivity contribution in [2.75, 3.05) is 6.54 Å². The van der Waals surface area contributed by atoms with Crippen LogP contribution in [-0.4, -0.2) is 17.0 Å². The van der Waals surface area contributed by atoms with Crippen LogP contribution in [-0.2, 0) is 24.2 Å². The van der Waals surface area contributed by atoms with Gasteiger partial charge in [-0.05, 0) is 42.9 Å². The lowest BCUT2D eigenvalue weighted by Gasteiger charge is -2.12. The molecule has 0 bridgehead atoms. The Morgan fingerprint density at radius 2 is 1.92 bits per heavy atom. The molecule has 0 atom stereocenters. The summed E-state index contributed by atoms with van der Waals surface area (Å²) in [7, 11) is 0. The van der Waals surface area contributed by atoms with E-state index in [0.29, 0.717) is 13.0 Å². The molecule has 3 aromatic rings. The largest absolute Gasteiger partial charge is 0.356 e. The molecule has 1 aliphatic rings. The van der Waals surface area contributed by atoms with Crippen LogP contribution in [0.4, 0.5) is 0 Å². The molecule has 4 rings (SSSR count). The SMILES string of the molecule is CCCC(=O)NCCc1c2n(c3ccccc13)CCCc1ccccc1-2. The van der Waals surface area contributed by atoms with E-state index in [4.69, 9.17) is 0 Å². The molecule has 0 fully saturated rings. The van der Waals surface area contributed by atoms with Crippen LogP contribution in [0.3, 0.4) is 0 Å². The number of rotatable bonds is 5. The molecule has 0 saturated carbocycles. The molecular weight excluding hydrogens is 320 g/mol. The summed E-state index contributed by atoms with van der Waals surface area (Å²) in [6.45, 7) is 3.78. The number of aryl methyl sites for hydroxylation is 2. The predicted molar refractivity (Wildman–Crippen MR) is 107 cm³/mol. The number of amides is 1. The van der Waals surface area contributed by atoms with Crippen molar-refractivity contribution in [3.63, 3.8) is 0 Å².